The molecule has 0 spiro atoms. The number of fused-ring (bicyclic) bond motifs is 2. The number of carbonyl (C=O) groups excluding carboxylic acids is 3. The highest BCUT2D eigenvalue weighted by Crippen LogP contribution is 2.56. The number of aromatic amines is 2. The zero-order valence-corrected chi connectivity index (χ0v) is 33.2. The van der Waals surface area contributed by atoms with Crippen molar-refractivity contribution in [2.45, 2.75) is 69.4 Å². The molecular weight excluding hydrogens is 737 g/mol. The zero-order chi connectivity index (χ0) is 40.3. The largest absolute Gasteiger partial charge is 0.453 e. The maximum absolute atomic E-state index is 13.8. The van der Waals surface area contributed by atoms with Crippen LogP contribution in [-0.4, -0.2) is 93.9 Å². The number of ether oxygens (including phenoxy) is 3. The molecule has 58 heavy (non-hydrogen) atoms. The second kappa shape index (κ2) is 16.9. The van der Waals surface area contributed by atoms with Gasteiger partial charge < -0.3 is 39.7 Å². The van der Waals surface area contributed by atoms with Crippen molar-refractivity contribution in [3.05, 3.63) is 103 Å². The minimum absolute atomic E-state index is 0.0828. The van der Waals surface area contributed by atoms with Crippen LogP contribution in [0.3, 0.4) is 0 Å². The Labute approximate surface area is 337 Å². The molecule has 5 aromatic rings. The highest BCUT2D eigenvalue weighted by atomic mass is 16.5. The molecule has 3 aromatic heterocycles. The van der Waals surface area contributed by atoms with Gasteiger partial charge in [0.25, 0.3) is 0 Å². The van der Waals surface area contributed by atoms with Gasteiger partial charge in [-0.15, -0.1) is 0 Å². The summed E-state index contributed by atoms with van der Waals surface area (Å²) in [5, 5.41) is 5.80. The zero-order valence-electron chi connectivity index (χ0n) is 33.2. The van der Waals surface area contributed by atoms with Crippen molar-refractivity contribution < 1.29 is 28.6 Å². The van der Waals surface area contributed by atoms with Gasteiger partial charge in [-0.05, 0) is 71.9 Å². The van der Waals surface area contributed by atoms with Gasteiger partial charge >= 0.3 is 6.09 Å². The smallest absolute Gasteiger partial charge is 0.407 e. The maximum atomic E-state index is 13.8. The lowest BCUT2D eigenvalue weighted by atomic mass is 9.78. The molecule has 3 fully saturated rings. The van der Waals surface area contributed by atoms with E-state index in [9.17, 15) is 14.4 Å². The quantitative estimate of drug-likeness (QED) is 0.111. The van der Waals surface area contributed by atoms with E-state index in [1.807, 2.05) is 30.5 Å². The Bertz CT molecular complexity index is 2210. The fourth-order valence-electron chi connectivity index (χ4n) is 9.21. The first-order valence-corrected chi connectivity index (χ1v) is 19.9. The monoisotopic (exact) mass is 786 g/mol. The number of benzene rings is 2. The van der Waals surface area contributed by atoms with Crippen molar-refractivity contribution in [3.63, 3.8) is 0 Å². The Balaban J connectivity index is 0.931. The van der Waals surface area contributed by atoms with Crippen LogP contribution in [0.15, 0.2) is 85.5 Å². The SMILES string of the molecule is COC(=O)N[C@H](C(=O)N1C[C@@H](OC)C[C@H]1c1ncc(-c2ccc(-c3ccc(-c4cnc([C@@H]5C6CCC(C6)[C@H]5C(=O)NCc5cccnc5)[nH]4)cc3)cc2)[nH]1)[C@@H](C)OC. The molecule has 2 aromatic carbocycles. The molecule has 2 bridgehead atoms. The van der Waals surface area contributed by atoms with Crippen LogP contribution in [0.5, 0.6) is 0 Å². The second-order valence-corrected chi connectivity index (χ2v) is 15.6. The predicted octanol–water partition coefficient (Wildman–Crippen LogP) is 6.02. The minimum Gasteiger partial charge on any atom is -0.453 e. The van der Waals surface area contributed by atoms with E-state index >= 15 is 0 Å². The number of carbonyl (C=O) groups is 3. The summed E-state index contributed by atoms with van der Waals surface area (Å²) >= 11 is 0. The van der Waals surface area contributed by atoms with Gasteiger partial charge in [0, 0.05) is 52.0 Å². The van der Waals surface area contributed by atoms with E-state index in [-0.39, 0.29) is 29.8 Å². The van der Waals surface area contributed by atoms with Crippen molar-refractivity contribution in [2.24, 2.45) is 17.8 Å². The van der Waals surface area contributed by atoms with Gasteiger partial charge in [0.05, 0.1) is 55.1 Å². The first kappa shape index (κ1) is 39.0. The summed E-state index contributed by atoms with van der Waals surface area (Å²) in [4.78, 5) is 61.9. The lowest BCUT2D eigenvalue weighted by Crippen LogP contribution is -2.54. The first-order chi connectivity index (χ1) is 28.2. The third kappa shape index (κ3) is 7.86. The first-order valence-electron chi connectivity index (χ1n) is 19.9. The number of methoxy groups -OCH3 is 3. The number of alkyl carbamates (subject to hydrolysis) is 1. The fourth-order valence-corrected chi connectivity index (χ4v) is 9.21. The maximum Gasteiger partial charge on any atom is 0.407 e. The fraction of sp³-hybridized carbons (Fsp3) is 0.409. The normalized spacial score (nSPS) is 23.4. The molecule has 2 aliphatic carbocycles. The van der Waals surface area contributed by atoms with Crippen molar-refractivity contribution in [2.75, 3.05) is 27.9 Å². The minimum atomic E-state index is -0.952. The number of pyridine rings is 1. The average molecular weight is 787 g/mol. The van der Waals surface area contributed by atoms with Crippen LogP contribution in [0.25, 0.3) is 33.6 Å². The molecule has 4 heterocycles. The summed E-state index contributed by atoms with van der Waals surface area (Å²) in [6.45, 7) is 2.54. The van der Waals surface area contributed by atoms with Crippen LogP contribution < -0.4 is 10.6 Å². The molecule has 14 heteroatoms. The molecular formula is C44H50N8O6. The molecule has 302 valence electrons. The Morgan fingerprint density at radius 1 is 0.828 bits per heavy atom. The van der Waals surface area contributed by atoms with Gasteiger partial charge in [-0.2, -0.15) is 0 Å². The predicted molar refractivity (Wildman–Crippen MR) is 216 cm³/mol. The number of hydrogen-bond acceptors (Lipinski definition) is 9. The topological polar surface area (TPSA) is 176 Å². The molecule has 8 rings (SSSR count). The summed E-state index contributed by atoms with van der Waals surface area (Å²) in [6.07, 6.45) is 9.53. The van der Waals surface area contributed by atoms with Crippen LogP contribution >= 0.6 is 0 Å². The number of likely N-dealkylation sites (tertiary alicyclic amines) is 1. The molecule has 2 unspecified atom stereocenters. The number of hydrogen-bond donors (Lipinski definition) is 4. The molecule has 1 aliphatic heterocycles. The number of nitrogens with one attached hydrogen (secondary N) is 4. The third-order valence-corrected chi connectivity index (χ3v) is 12.4. The molecule has 8 atom stereocenters. The Hall–Kier alpha value is -5.86. The third-order valence-electron chi connectivity index (χ3n) is 12.4. The van der Waals surface area contributed by atoms with Gasteiger partial charge in [-0.25, -0.2) is 14.8 Å². The summed E-state index contributed by atoms with van der Waals surface area (Å²) in [7, 11) is 4.37. The molecule has 4 N–H and O–H groups in total. The van der Waals surface area contributed by atoms with E-state index in [0.717, 1.165) is 64.3 Å². The van der Waals surface area contributed by atoms with E-state index in [2.05, 4.69) is 67.0 Å². The van der Waals surface area contributed by atoms with E-state index in [0.29, 0.717) is 37.2 Å². The Morgan fingerprint density at radius 2 is 1.47 bits per heavy atom. The summed E-state index contributed by atoms with van der Waals surface area (Å²) in [5.41, 5.74) is 6.87. The summed E-state index contributed by atoms with van der Waals surface area (Å²) < 4.78 is 15.8. The number of rotatable bonds is 13. The van der Waals surface area contributed by atoms with E-state index in [1.54, 1.807) is 37.5 Å². The molecule has 1 saturated heterocycles. The van der Waals surface area contributed by atoms with E-state index in [1.165, 1.54) is 14.2 Å². The van der Waals surface area contributed by atoms with Crippen molar-refractivity contribution >= 4 is 17.9 Å². The highest BCUT2D eigenvalue weighted by molar-refractivity contribution is 5.87. The standard InChI is InChI=1S/C44H50N8O6/c1-25(56-2)39(51-44(55)58-4)43(54)52-24-33(57-3)19-36(52)40-46-22-34(49-40)29-11-7-27(8-12-29)28-9-13-30(14-10-28)35-23-47-41(50-35)37-31-15-16-32(18-31)38(37)42(53)48-21-26-6-5-17-45-20-26/h5-14,17,20,22-23,25,31-33,36-39H,15-16,18-19,21,24H2,1-4H3,(H,46,49)(H,47,50)(H,48,53)(H,51,55)/t25-,31?,32?,33+,36+,37-,38-,39+/m1/s1. The second-order valence-electron chi connectivity index (χ2n) is 15.6. The lowest BCUT2D eigenvalue weighted by Gasteiger charge is -2.30. The molecule has 3 amide bonds. The van der Waals surface area contributed by atoms with Crippen molar-refractivity contribution in [3.8, 4) is 33.6 Å². The van der Waals surface area contributed by atoms with Gasteiger partial charge in [-0.3, -0.25) is 14.6 Å². The van der Waals surface area contributed by atoms with Gasteiger partial charge in [0.2, 0.25) is 11.8 Å². The number of H-pyrrole nitrogens is 2. The van der Waals surface area contributed by atoms with Crippen LogP contribution in [0, 0.1) is 17.8 Å². The van der Waals surface area contributed by atoms with Gasteiger partial charge in [0.15, 0.2) is 0 Å². The van der Waals surface area contributed by atoms with E-state index < -0.39 is 24.3 Å². The van der Waals surface area contributed by atoms with Crippen LogP contribution in [0.4, 0.5) is 4.79 Å². The molecule has 0 radical (unpaired) electrons. The number of aromatic nitrogens is 5. The van der Waals surface area contributed by atoms with Gasteiger partial charge in [-0.1, -0.05) is 54.6 Å². The van der Waals surface area contributed by atoms with Crippen LogP contribution in [0.2, 0.25) is 0 Å². The van der Waals surface area contributed by atoms with Crippen molar-refractivity contribution in [1.82, 2.24) is 40.5 Å². The van der Waals surface area contributed by atoms with E-state index in [4.69, 9.17) is 19.2 Å². The molecule has 2 saturated carbocycles. The van der Waals surface area contributed by atoms with Crippen molar-refractivity contribution in [1.29, 1.82) is 0 Å². The number of amides is 3. The van der Waals surface area contributed by atoms with Gasteiger partial charge in [0.1, 0.15) is 17.7 Å². The van der Waals surface area contributed by atoms with Crippen LogP contribution in [-0.2, 0) is 30.3 Å². The summed E-state index contributed by atoms with van der Waals surface area (Å²) in [5.74, 6) is 2.17. The Kier molecular flexibility index (Phi) is 11.4. The number of imidazole rings is 2. The van der Waals surface area contributed by atoms with Crippen LogP contribution in [0.1, 0.15) is 61.8 Å². The lowest BCUT2D eigenvalue weighted by molar-refractivity contribution is -0.138. The molecule has 3 aliphatic rings. The average Bonchev–Trinajstić information content (AvgIpc) is 4.13. The molecule has 14 nitrogen and oxygen atoms in total. The summed E-state index contributed by atoms with van der Waals surface area (Å²) in [6, 6.07) is 19.2. The highest BCUT2D eigenvalue weighted by Gasteiger charge is 2.52. The number of nitrogens with zero attached hydrogens (tertiary/aromatic N) is 4. The Morgan fingerprint density at radius 3 is 2.09 bits per heavy atom.